The highest BCUT2D eigenvalue weighted by Gasteiger charge is 2.36. The van der Waals surface area contributed by atoms with Crippen LogP contribution >= 0.6 is 0 Å². The summed E-state index contributed by atoms with van der Waals surface area (Å²) in [4.78, 5) is 21.3. The largest absolute Gasteiger partial charge is 0.416 e. The van der Waals surface area contributed by atoms with E-state index in [1.807, 2.05) is 0 Å². The fraction of sp³-hybridized carbons (Fsp3) is 0.348. The Labute approximate surface area is 198 Å². The predicted octanol–water partition coefficient (Wildman–Crippen LogP) is 2.64. The van der Waals surface area contributed by atoms with E-state index < -0.39 is 42.6 Å². The van der Waals surface area contributed by atoms with Gasteiger partial charge < -0.3 is 25.7 Å². The average molecular weight is 491 g/mol. The van der Waals surface area contributed by atoms with Crippen molar-refractivity contribution in [3.05, 3.63) is 65.6 Å². The molecule has 9 nitrogen and oxygen atoms in total. The molecule has 0 saturated carbocycles. The molecule has 3 atom stereocenters. The Balaban J connectivity index is 1.53. The van der Waals surface area contributed by atoms with Crippen molar-refractivity contribution in [1.29, 1.82) is 0 Å². The molecule has 1 amide bonds. The minimum atomic E-state index is -4.52. The third kappa shape index (κ3) is 5.45. The van der Waals surface area contributed by atoms with Crippen LogP contribution in [0.5, 0.6) is 0 Å². The quantitative estimate of drug-likeness (QED) is 0.473. The number of aliphatic hydroxyl groups is 2. The molecule has 35 heavy (non-hydrogen) atoms. The summed E-state index contributed by atoms with van der Waals surface area (Å²) < 4.78 is 47.5. The van der Waals surface area contributed by atoms with Crippen molar-refractivity contribution in [2.24, 2.45) is 4.99 Å². The summed E-state index contributed by atoms with van der Waals surface area (Å²) in [6.45, 7) is 1.13. The molecular weight excluding hydrogens is 467 g/mol. The number of carbonyl (C=O) groups excluding carboxylic acids is 1. The van der Waals surface area contributed by atoms with Crippen LogP contribution in [0.25, 0.3) is 5.57 Å². The number of anilines is 1. The Bertz CT molecular complexity index is 1190. The van der Waals surface area contributed by atoms with Crippen LogP contribution in [0.15, 0.2) is 53.7 Å². The van der Waals surface area contributed by atoms with Gasteiger partial charge in [-0.25, -0.2) is 14.7 Å². The third-order valence-electron chi connectivity index (χ3n) is 5.46. The molecule has 4 rings (SSSR count). The normalized spacial score (nSPS) is 20.4. The number of aliphatic imine (C=N–C) groups is 1. The van der Waals surface area contributed by atoms with E-state index >= 15 is 0 Å². The van der Waals surface area contributed by atoms with Crippen molar-refractivity contribution in [1.82, 2.24) is 9.66 Å². The molecule has 0 saturated heterocycles. The number of fused-ring (bicyclic) bond motifs is 1. The second-order valence-electron chi connectivity index (χ2n) is 8.07. The molecule has 0 spiro atoms. The number of nitrogens with one attached hydrogen (secondary N) is 2. The van der Waals surface area contributed by atoms with Gasteiger partial charge in [-0.05, 0) is 36.3 Å². The van der Waals surface area contributed by atoms with Gasteiger partial charge in [0.1, 0.15) is 11.8 Å². The van der Waals surface area contributed by atoms with Crippen molar-refractivity contribution < 1.29 is 32.9 Å². The van der Waals surface area contributed by atoms with Crippen molar-refractivity contribution in [2.45, 2.75) is 37.9 Å². The highest BCUT2D eigenvalue weighted by Crippen LogP contribution is 2.37. The zero-order chi connectivity index (χ0) is 25.2. The van der Waals surface area contributed by atoms with Crippen LogP contribution in [0.2, 0.25) is 0 Å². The number of imidazole rings is 1. The van der Waals surface area contributed by atoms with Crippen LogP contribution in [0.1, 0.15) is 36.3 Å². The van der Waals surface area contributed by atoms with Crippen molar-refractivity contribution in [3.8, 4) is 0 Å². The minimum Gasteiger partial charge on any atom is -0.394 e. The number of benzene rings is 1. The lowest BCUT2D eigenvalue weighted by Gasteiger charge is -2.28. The summed E-state index contributed by atoms with van der Waals surface area (Å²) in [5.74, 6) is 0.101. The summed E-state index contributed by atoms with van der Waals surface area (Å²) in [5.41, 5.74) is 2.98. The second kappa shape index (κ2) is 10.0. The molecule has 0 aliphatic carbocycles. The monoisotopic (exact) mass is 491 g/mol. The van der Waals surface area contributed by atoms with Crippen LogP contribution in [0, 0.1) is 0 Å². The Morgan fingerprint density at radius 3 is 2.89 bits per heavy atom. The van der Waals surface area contributed by atoms with Gasteiger partial charge in [-0.2, -0.15) is 13.2 Å². The van der Waals surface area contributed by atoms with Crippen molar-refractivity contribution in [2.75, 3.05) is 24.0 Å². The predicted molar refractivity (Wildman–Crippen MR) is 122 cm³/mol. The fourth-order valence-electron chi connectivity index (χ4n) is 3.78. The Hall–Kier alpha value is -3.48. The molecule has 3 unspecified atom stereocenters. The molecule has 2 aliphatic rings. The molecule has 1 aromatic carbocycles. The van der Waals surface area contributed by atoms with E-state index in [1.54, 1.807) is 19.1 Å². The number of hydrogen-bond donors (Lipinski definition) is 4. The molecule has 2 aliphatic heterocycles. The van der Waals surface area contributed by atoms with Crippen LogP contribution < -0.4 is 10.7 Å². The van der Waals surface area contributed by atoms with E-state index in [-0.39, 0.29) is 23.7 Å². The maximum absolute atomic E-state index is 13.6. The first-order valence-electron chi connectivity index (χ1n) is 10.8. The van der Waals surface area contributed by atoms with Gasteiger partial charge in [-0.15, -0.1) is 0 Å². The third-order valence-corrected chi connectivity index (χ3v) is 5.46. The Morgan fingerprint density at radius 1 is 1.37 bits per heavy atom. The smallest absolute Gasteiger partial charge is 0.394 e. The van der Waals surface area contributed by atoms with Gasteiger partial charge in [-0.3, -0.25) is 4.79 Å². The Kier molecular flexibility index (Phi) is 7.05. The highest BCUT2D eigenvalue weighted by molar-refractivity contribution is 6.47. The molecule has 3 heterocycles. The van der Waals surface area contributed by atoms with Gasteiger partial charge in [0, 0.05) is 6.42 Å². The van der Waals surface area contributed by atoms with Gasteiger partial charge in [0.25, 0.3) is 5.91 Å². The molecule has 12 heteroatoms. The number of halogens is 3. The summed E-state index contributed by atoms with van der Waals surface area (Å²) in [6, 6.07) is 4.48. The zero-order valence-electron chi connectivity index (χ0n) is 18.7. The van der Waals surface area contributed by atoms with Gasteiger partial charge in [0.15, 0.2) is 17.9 Å². The lowest BCUT2D eigenvalue weighted by molar-refractivity contribution is -0.138. The number of ether oxygens (including phenoxy) is 1. The standard InChI is InChI=1S/C23H24F3N5O4/c1-13-9-18(15-5-2-3-6-16(15)23(24,25)26)30-31-19(10-27-21(13)31)29-22(34)17-7-4-8-20(28-17)35-12-14(33)11-32/h2-7,9-10,14,18,20,30,32-33H,8,11-12H2,1H3,(H,29,34). The molecule has 0 bridgehead atoms. The molecule has 0 fully saturated rings. The van der Waals surface area contributed by atoms with Crippen molar-refractivity contribution in [3.63, 3.8) is 0 Å². The molecule has 186 valence electrons. The number of nitrogens with zero attached hydrogens (tertiary/aromatic N) is 3. The fourth-order valence-corrected chi connectivity index (χ4v) is 3.78. The van der Waals surface area contributed by atoms with E-state index in [2.05, 4.69) is 20.7 Å². The number of aromatic nitrogens is 2. The highest BCUT2D eigenvalue weighted by atomic mass is 19.4. The maximum Gasteiger partial charge on any atom is 0.416 e. The number of alkyl halides is 3. The number of allylic oxidation sites excluding steroid dienone is 1. The minimum absolute atomic E-state index is 0.0422. The number of carbonyl (C=O) groups is 1. The first kappa shape index (κ1) is 24.6. The van der Waals surface area contributed by atoms with E-state index in [0.29, 0.717) is 17.8 Å². The first-order chi connectivity index (χ1) is 16.7. The topological polar surface area (TPSA) is 121 Å². The molecule has 2 aromatic rings. The molecule has 4 N–H and O–H groups in total. The Morgan fingerprint density at radius 2 is 2.14 bits per heavy atom. The summed E-state index contributed by atoms with van der Waals surface area (Å²) in [5, 5.41) is 21.0. The lowest BCUT2D eigenvalue weighted by Crippen LogP contribution is -2.32. The summed E-state index contributed by atoms with van der Waals surface area (Å²) >= 11 is 0. The van der Waals surface area contributed by atoms with Gasteiger partial charge >= 0.3 is 6.18 Å². The van der Waals surface area contributed by atoms with Crippen LogP contribution in [0.3, 0.4) is 0 Å². The molecule has 1 aromatic heterocycles. The van der Waals surface area contributed by atoms with E-state index in [4.69, 9.17) is 9.84 Å². The van der Waals surface area contributed by atoms with Gasteiger partial charge in [0.05, 0.1) is 31.0 Å². The number of dihydropyridines is 1. The average Bonchev–Trinajstić information content (AvgIpc) is 3.25. The number of rotatable bonds is 7. The van der Waals surface area contributed by atoms with Crippen molar-refractivity contribution >= 4 is 23.0 Å². The summed E-state index contributed by atoms with van der Waals surface area (Å²) in [6.07, 6.45) is 0.374. The molecular formula is C23H24F3N5O4. The number of hydrogen-bond acceptors (Lipinski definition) is 7. The van der Waals surface area contributed by atoms with E-state index in [1.165, 1.54) is 35.1 Å². The van der Waals surface area contributed by atoms with Gasteiger partial charge in [-0.1, -0.05) is 24.3 Å². The van der Waals surface area contributed by atoms with E-state index in [0.717, 1.165) is 6.07 Å². The molecule has 0 radical (unpaired) electrons. The maximum atomic E-state index is 13.6. The SMILES string of the molecule is CC1=CC(c2ccccc2C(F)(F)F)Nn2c(NC(=O)C3=NC(OCC(O)CO)CC=C3)cnc21. The van der Waals surface area contributed by atoms with Crippen LogP contribution in [-0.2, 0) is 15.7 Å². The number of aliphatic hydroxyl groups excluding tert-OH is 2. The van der Waals surface area contributed by atoms with E-state index in [9.17, 15) is 23.1 Å². The second-order valence-corrected chi connectivity index (χ2v) is 8.07. The zero-order valence-corrected chi connectivity index (χ0v) is 18.7. The summed E-state index contributed by atoms with van der Waals surface area (Å²) in [7, 11) is 0. The van der Waals surface area contributed by atoms with Crippen LogP contribution in [-0.4, -0.2) is 57.0 Å². The number of amides is 1. The van der Waals surface area contributed by atoms with Gasteiger partial charge in [0.2, 0.25) is 0 Å². The first-order valence-corrected chi connectivity index (χ1v) is 10.8. The van der Waals surface area contributed by atoms with Crippen LogP contribution in [0.4, 0.5) is 19.0 Å². The lowest BCUT2D eigenvalue weighted by atomic mass is 9.97.